The Hall–Kier alpha value is -0.500. The van der Waals surface area contributed by atoms with Crippen molar-refractivity contribution in [3.63, 3.8) is 0 Å². The Balaban J connectivity index is 3.68. The second-order valence-corrected chi connectivity index (χ2v) is 2.27. The Kier molecular flexibility index (Phi) is 0.605. The van der Waals surface area contributed by atoms with Crippen molar-refractivity contribution in [1.29, 1.82) is 0 Å². The summed E-state index contributed by atoms with van der Waals surface area (Å²) in [4.78, 5) is 0. The van der Waals surface area contributed by atoms with Crippen LogP contribution in [0.2, 0.25) is 0 Å². The average Bonchev–Trinajstić information content (AvgIpc) is 2.09. The third-order valence-corrected chi connectivity index (χ3v) is 1.38. The number of anilines is 1. The zero-order valence-electron chi connectivity index (χ0n) is 10.5. The van der Waals surface area contributed by atoms with Crippen molar-refractivity contribution in [3.8, 4) is 0 Å². The van der Waals surface area contributed by atoms with Gasteiger partial charge < -0.3 is 5.73 Å². The summed E-state index contributed by atoms with van der Waals surface area (Å²) >= 11 is 2.92. The van der Waals surface area contributed by atoms with E-state index < -0.39 is 18.9 Å². The molecule has 48 valence electrons. The summed E-state index contributed by atoms with van der Waals surface area (Å²) < 4.78 is 43.9. The van der Waals surface area contributed by atoms with Crippen molar-refractivity contribution < 1.29 is 8.22 Å². The topological polar surface area (TPSA) is 26.0 Å². The maximum absolute atomic E-state index is 7.49. The highest BCUT2D eigenvalue weighted by atomic mass is 79.9. The van der Waals surface area contributed by atoms with Crippen molar-refractivity contribution in [2.45, 2.75) is 6.85 Å². The first-order valence-electron chi connectivity index (χ1n) is 5.23. The summed E-state index contributed by atoms with van der Waals surface area (Å²) in [6.45, 7) is -2.53. The molecule has 0 spiro atoms. The molecular weight excluding hydrogens is 178 g/mol. The van der Waals surface area contributed by atoms with Gasteiger partial charge in [-0.25, -0.2) is 0 Å². The number of benzene rings is 1. The van der Waals surface area contributed by atoms with Crippen molar-refractivity contribution >= 4 is 21.6 Å². The van der Waals surface area contributed by atoms with E-state index in [0.717, 1.165) is 0 Å². The number of nitrogen functional groups attached to an aromatic ring is 1. The molecule has 0 amide bonds. The molecule has 1 nitrogen and oxygen atoms in total. The lowest BCUT2D eigenvalue weighted by molar-refractivity contribution is 1.43. The molecule has 0 aromatic heterocycles. The van der Waals surface area contributed by atoms with Crippen LogP contribution in [-0.2, 0) is 0 Å². The number of halogens is 1. The highest BCUT2D eigenvalue weighted by Crippen LogP contribution is 2.17. The van der Waals surface area contributed by atoms with Crippen LogP contribution in [0.1, 0.15) is 13.8 Å². The van der Waals surface area contributed by atoms with E-state index in [9.17, 15) is 0 Å². The van der Waals surface area contributed by atoms with Crippen LogP contribution < -0.4 is 5.73 Å². The molecule has 1 rings (SSSR count). The molecule has 0 bridgehead atoms. The molecule has 0 atom stereocenters. The van der Waals surface area contributed by atoms with Gasteiger partial charge in [-0.15, -0.1) is 0 Å². The van der Waals surface area contributed by atoms with E-state index in [1.165, 1.54) is 0 Å². The molecule has 0 aliphatic carbocycles. The monoisotopic (exact) mass is 191 g/mol. The van der Waals surface area contributed by atoms with E-state index in [-0.39, 0.29) is 21.8 Å². The lowest BCUT2D eigenvalue weighted by atomic mass is 10.2. The summed E-state index contributed by atoms with van der Waals surface area (Å²) in [6, 6.07) is -1.15. The fraction of sp³-hybridized carbons (Fsp3) is 0.143. The average molecular weight is 192 g/mol. The Morgan fingerprint density at radius 2 is 2.56 bits per heavy atom. The second-order valence-electron chi connectivity index (χ2n) is 1.48. The quantitative estimate of drug-likeness (QED) is 0.627. The first kappa shape index (κ1) is 2.27. The molecule has 0 aliphatic rings. The molecule has 0 heterocycles. The normalized spacial score (nSPS) is 20.6. The molecule has 2 N–H and O–H groups in total. The van der Waals surface area contributed by atoms with Gasteiger partial charge in [-0.05, 0) is 24.5 Å². The Morgan fingerprint density at radius 1 is 1.78 bits per heavy atom. The number of hydrogen-bond acceptors (Lipinski definition) is 1. The van der Waals surface area contributed by atoms with E-state index in [4.69, 9.17) is 14.0 Å². The summed E-state index contributed by atoms with van der Waals surface area (Å²) in [6.07, 6.45) is 0. The highest BCUT2D eigenvalue weighted by molar-refractivity contribution is 9.10. The maximum atomic E-state index is 7.49. The Bertz CT molecular complexity index is 384. The predicted molar refractivity (Wildman–Crippen MR) is 43.3 cm³/mol. The predicted octanol–water partition coefficient (Wildman–Crippen LogP) is 2.34. The molecule has 1 aromatic carbocycles. The zero-order valence-corrected chi connectivity index (χ0v) is 6.04. The molecule has 0 unspecified atom stereocenters. The van der Waals surface area contributed by atoms with Gasteiger partial charge in [0.05, 0.1) is 4.11 Å². The molecular formula is C7H8BrN. The molecule has 2 heteroatoms. The van der Waals surface area contributed by atoms with E-state index >= 15 is 0 Å². The second kappa shape index (κ2) is 2.40. The standard InChI is InChI=1S/C7H8BrN/c1-5-2-3-6(9)4-7(5)8/h2-4H,9H2,1H3/i1D3,2D,3D,4D. The first-order chi connectivity index (χ1) is 6.68. The molecule has 0 saturated carbocycles. The van der Waals surface area contributed by atoms with Gasteiger partial charge in [-0.1, -0.05) is 22.0 Å². The van der Waals surface area contributed by atoms with E-state index in [0.29, 0.717) is 0 Å². The van der Waals surface area contributed by atoms with Crippen LogP contribution in [0.3, 0.4) is 0 Å². The minimum Gasteiger partial charge on any atom is -0.399 e. The molecule has 1 aromatic rings. The van der Waals surface area contributed by atoms with Gasteiger partial charge >= 0.3 is 0 Å². The first-order valence-corrected chi connectivity index (χ1v) is 3.02. The fourth-order valence-electron chi connectivity index (χ4n) is 0.397. The molecule has 0 saturated heterocycles. The van der Waals surface area contributed by atoms with Gasteiger partial charge in [-0.2, -0.15) is 0 Å². The lowest BCUT2D eigenvalue weighted by Crippen LogP contribution is -1.84. The Morgan fingerprint density at radius 3 is 3.22 bits per heavy atom. The number of nitrogens with two attached hydrogens (primary N) is 1. The van der Waals surface area contributed by atoms with E-state index in [1.807, 2.05) is 0 Å². The minimum absolute atomic E-state index is 0.0407. The van der Waals surface area contributed by atoms with Crippen LogP contribution in [0, 0.1) is 6.85 Å². The van der Waals surface area contributed by atoms with Crippen molar-refractivity contribution in [2.24, 2.45) is 0 Å². The highest BCUT2D eigenvalue weighted by Gasteiger charge is 1.91. The van der Waals surface area contributed by atoms with Crippen LogP contribution in [0.4, 0.5) is 5.69 Å². The van der Waals surface area contributed by atoms with Crippen molar-refractivity contribution in [2.75, 3.05) is 5.73 Å². The molecule has 9 heavy (non-hydrogen) atoms. The maximum Gasteiger partial charge on any atom is 0.0657 e. The van der Waals surface area contributed by atoms with Gasteiger partial charge in [0.1, 0.15) is 0 Å². The van der Waals surface area contributed by atoms with Gasteiger partial charge in [0.15, 0.2) is 0 Å². The van der Waals surface area contributed by atoms with Crippen LogP contribution >= 0.6 is 15.9 Å². The summed E-state index contributed by atoms with van der Waals surface area (Å²) in [5, 5.41) is 0. The van der Waals surface area contributed by atoms with Gasteiger partial charge in [0.25, 0.3) is 0 Å². The SMILES string of the molecule is [2H]c1c([2H])c(C([2H])([2H])[2H])c(Br)c([2H])c1N. The van der Waals surface area contributed by atoms with E-state index in [1.54, 1.807) is 0 Å². The summed E-state index contributed by atoms with van der Waals surface area (Å²) in [5.74, 6) is 0. The third-order valence-electron chi connectivity index (χ3n) is 0.786. The van der Waals surface area contributed by atoms with Gasteiger partial charge in [-0.3, -0.25) is 0 Å². The third kappa shape index (κ3) is 1.45. The van der Waals surface area contributed by atoms with Crippen LogP contribution in [0.25, 0.3) is 0 Å². The largest absolute Gasteiger partial charge is 0.399 e. The zero-order chi connectivity index (χ0) is 12.0. The van der Waals surface area contributed by atoms with Crippen molar-refractivity contribution in [1.82, 2.24) is 0 Å². The number of rotatable bonds is 0. The van der Waals surface area contributed by atoms with Gasteiger partial charge in [0, 0.05) is 14.3 Å². The smallest absolute Gasteiger partial charge is 0.0657 e. The molecule has 0 fully saturated rings. The lowest BCUT2D eigenvalue weighted by Gasteiger charge is -1.96. The van der Waals surface area contributed by atoms with Crippen LogP contribution in [0.15, 0.2) is 22.6 Å². The van der Waals surface area contributed by atoms with Crippen molar-refractivity contribution in [3.05, 3.63) is 28.2 Å². The summed E-state index contributed by atoms with van der Waals surface area (Å²) in [7, 11) is 0. The molecule has 0 aliphatic heterocycles. The molecule has 0 radical (unpaired) electrons. The van der Waals surface area contributed by atoms with E-state index in [2.05, 4.69) is 15.9 Å². The van der Waals surface area contributed by atoms with Gasteiger partial charge in [0.2, 0.25) is 0 Å². The van der Waals surface area contributed by atoms with Crippen LogP contribution in [0.5, 0.6) is 0 Å². The Labute approximate surface area is 71.4 Å². The summed E-state index contributed by atoms with van der Waals surface area (Å²) in [5.41, 5.74) is 4.85. The number of hydrogen-bond donors (Lipinski definition) is 1. The van der Waals surface area contributed by atoms with Crippen LogP contribution in [-0.4, -0.2) is 0 Å². The minimum atomic E-state index is -2.53. The fourth-order valence-corrected chi connectivity index (χ4v) is 0.709.